The molecule has 1 unspecified atom stereocenters. The van der Waals surface area contributed by atoms with Gasteiger partial charge in [0.15, 0.2) is 0 Å². The topological polar surface area (TPSA) is 76.7 Å². The van der Waals surface area contributed by atoms with E-state index in [1.54, 1.807) is 6.08 Å². The summed E-state index contributed by atoms with van der Waals surface area (Å²) in [6, 6.07) is 5.61. The number of esters is 1. The molecule has 5 aliphatic rings. The number of hydrogen-bond acceptors (Lipinski definition) is 5. The summed E-state index contributed by atoms with van der Waals surface area (Å²) in [6.07, 6.45) is 8.59. The second-order valence-corrected chi connectivity index (χ2v) is 9.99. The number of carbonyl (C=O) groups is 2. The van der Waals surface area contributed by atoms with Crippen molar-refractivity contribution in [1.29, 1.82) is 0 Å². The molecule has 1 heterocycles. The number of benzene rings is 1. The first-order valence-corrected chi connectivity index (χ1v) is 11.6. The van der Waals surface area contributed by atoms with Crippen molar-refractivity contribution in [3.8, 4) is 5.75 Å². The van der Waals surface area contributed by atoms with Crippen LogP contribution in [0.4, 0.5) is 5.69 Å². The van der Waals surface area contributed by atoms with Crippen LogP contribution in [-0.2, 0) is 20.7 Å². The SMILES string of the molecule is C=CCNCC(COc1cccc2c1CC(=O)N2)OC(=O)C12CC3CC(CC(C3)C1)C2. The van der Waals surface area contributed by atoms with Crippen LogP contribution in [0.15, 0.2) is 30.9 Å². The van der Waals surface area contributed by atoms with Crippen molar-refractivity contribution in [2.75, 3.05) is 25.0 Å². The molecule has 4 bridgehead atoms. The largest absolute Gasteiger partial charge is 0.489 e. The molecular formula is C25H32N2O4. The Morgan fingerprint density at radius 2 is 1.94 bits per heavy atom. The molecule has 1 atom stereocenters. The summed E-state index contributed by atoms with van der Waals surface area (Å²) in [5.74, 6) is 2.72. The zero-order chi connectivity index (χ0) is 21.4. The highest BCUT2D eigenvalue weighted by atomic mass is 16.6. The Hall–Kier alpha value is -2.34. The fourth-order valence-corrected chi connectivity index (χ4v) is 6.66. The zero-order valence-electron chi connectivity index (χ0n) is 18.0. The van der Waals surface area contributed by atoms with E-state index in [0.29, 0.717) is 43.0 Å². The highest BCUT2D eigenvalue weighted by Gasteiger charge is 2.55. The second-order valence-electron chi connectivity index (χ2n) is 9.99. The average Bonchev–Trinajstić information content (AvgIpc) is 3.11. The molecule has 1 aliphatic heterocycles. The van der Waals surface area contributed by atoms with Crippen LogP contribution in [0.5, 0.6) is 5.75 Å². The lowest BCUT2D eigenvalue weighted by molar-refractivity contribution is -0.178. The second kappa shape index (κ2) is 8.30. The van der Waals surface area contributed by atoms with Gasteiger partial charge in [-0.05, 0) is 68.4 Å². The minimum absolute atomic E-state index is 0.0245. The first-order valence-electron chi connectivity index (χ1n) is 11.6. The van der Waals surface area contributed by atoms with Gasteiger partial charge in [0.25, 0.3) is 0 Å². The lowest BCUT2D eigenvalue weighted by Crippen LogP contribution is -2.52. The average molecular weight is 425 g/mol. The van der Waals surface area contributed by atoms with Gasteiger partial charge < -0.3 is 20.1 Å². The fraction of sp³-hybridized carbons (Fsp3) is 0.600. The highest BCUT2D eigenvalue weighted by molar-refractivity contribution is 6.00. The third kappa shape index (κ3) is 4.10. The van der Waals surface area contributed by atoms with Gasteiger partial charge in [0.2, 0.25) is 5.91 Å². The van der Waals surface area contributed by atoms with Crippen molar-refractivity contribution in [2.45, 2.75) is 51.0 Å². The van der Waals surface area contributed by atoms with Crippen LogP contribution in [0.1, 0.15) is 44.1 Å². The van der Waals surface area contributed by atoms with E-state index < -0.39 is 0 Å². The van der Waals surface area contributed by atoms with Crippen LogP contribution in [0.25, 0.3) is 0 Å². The zero-order valence-corrected chi connectivity index (χ0v) is 18.0. The summed E-state index contributed by atoms with van der Waals surface area (Å²) in [7, 11) is 0. The van der Waals surface area contributed by atoms with Gasteiger partial charge in [-0.1, -0.05) is 12.1 Å². The third-order valence-electron chi connectivity index (χ3n) is 7.57. The van der Waals surface area contributed by atoms with E-state index in [4.69, 9.17) is 9.47 Å². The molecule has 0 radical (unpaired) electrons. The summed E-state index contributed by atoms with van der Waals surface area (Å²) in [6.45, 7) is 5.16. The van der Waals surface area contributed by atoms with E-state index in [2.05, 4.69) is 17.2 Å². The van der Waals surface area contributed by atoms with Gasteiger partial charge in [0.1, 0.15) is 18.5 Å². The Labute approximate surface area is 183 Å². The first-order chi connectivity index (χ1) is 15.0. The molecule has 31 heavy (non-hydrogen) atoms. The van der Waals surface area contributed by atoms with Crippen molar-refractivity contribution >= 4 is 17.6 Å². The van der Waals surface area contributed by atoms with Crippen molar-refractivity contribution in [1.82, 2.24) is 5.32 Å². The molecule has 4 aliphatic carbocycles. The Morgan fingerprint density at radius 3 is 2.61 bits per heavy atom. The molecule has 6 rings (SSSR count). The Kier molecular flexibility index (Phi) is 5.51. The van der Waals surface area contributed by atoms with Crippen molar-refractivity contribution in [3.05, 3.63) is 36.4 Å². The van der Waals surface area contributed by atoms with E-state index in [1.165, 1.54) is 19.3 Å². The van der Waals surface area contributed by atoms with E-state index in [0.717, 1.165) is 30.5 Å². The fourth-order valence-electron chi connectivity index (χ4n) is 6.66. The Bertz CT molecular complexity index is 845. The third-order valence-corrected chi connectivity index (χ3v) is 7.57. The molecule has 0 aromatic heterocycles. The minimum atomic E-state index is -0.388. The number of hydrogen-bond donors (Lipinski definition) is 2. The molecular weight excluding hydrogens is 392 g/mol. The van der Waals surface area contributed by atoms with Crippen LogP contribution in [0, 0.1) is 23.2 Å². The summed E-state index contributed by atoms with van der Waals surface area (Å²) in [5.41, 5.74) is 1.39. The van der Waals surface area contributed by atoms with Gasteiger partial charge in [-0.15, -0.1) is 6.58 Å². The summed E-state index contributed by atoms with van der Waals surface area (Å²) in [4.78, 5) is 25.2. The van der Waals surface area contributed by atoms with Gasteiger partial charge in [0, 0.05) is 24.3 Å². The van der Waals surface area contributed by atoms with Crippen molar-refractivity contribution < 1.29 is 19.1 Å². The predicted octanol–water partition coefficient (Wildman–Crippen LogP) is 3.46. The van der Waals surface area contributed by atoms with Crippen molar-refractivity contribution in [3.63, 3.8) is 0 Å². The van der Waals surface area contributed by atoms with Crippen LogP contribution in [-0.4, -0.2) is 37.7 Å². The van der Waals surface area contributed by atoms with Gasteiger partial charge in [-0.25, -0.2) is 0 Å². The van der Waals surface area contributed by atoms with Crippen molar-refractivity contribution in [2.24, 2.45) is 23.2 Å². The van der Waals surface area contributed by atoms with Gasteiger partial charge >= 0.3 is 5.97 Å². The molecule has 1 aromatic rings. The summed E-state index contributed by atoms with van der Waals surface area (Å²) < 4.78 is 12.2. The summed E-state index contributed by atoms with van der Waals surface area (Å²) in [5, 5.41) is 6.11. The molecule has 1 amide bonds. The lowest BCUT2D eigenvalue weighted by atomic mass is 9.49. The molecule has 166 valence electrons. The van der Waals surface area contributed by atoms with Gasteiger partial charge in [0.05, 0.1) is 11.8 Å². The molecule has 6 heteroatoms. The Balaban J connectivity index is 1.26. The number of ether oxygens (including phenoxy) is 2. The predicted molar refractivity (Wildman–Crippen MR) is 118 cm³/mol. The van der Waals surface area contributed by atoms with Gasteiger partial charge in [-0.3, -0.25) is 9.59 Å². The molecule has 0 saturated heterocycles. The maximum atomic E-state index is 13.4. The number of anilines is 1. The quantitative estimate of drug-likeness (QED) is 0.361. The molecule has 4 saturated carbocycles. The number of rotatable bonds is 9. The molecule has 1 aromatic carbocycles. The Morgan fingerprint density at radius 1 is 1.23 bits per heavy atom. The first kappa shape index (κ1) is 20.6. The smallest absolute Gasteiger partial charge is 0.312 e. The van der Waals surface area contributed by atoms with Crippen LogP contribution < -0.4 is 15.4 Å². The maximum absolute atomic E-state index is 13.4. The molecule has 2 N–H and O–H groups in total. The molecule has 4 fully saturated rings. The number of carbonyl (C=O) groups excluding carboxylic acids is 2. The van der Waals surface area contributed by atoms with E-state index in [1.807, 2.05) is 18.2 Å². The number of nitrogens with one attached hydrogen (secondary N) is 2. The lowest BCUT2D eigenvalue weighted by Gasteiger charge is -2.55. The van der Waals surface area contributed by atoms with Gasteiger partial charge in [-0.2, -0.15) is 0 Å². The van der Waals surface area contributed by atoms with Crippen LogP contribution in [0.2, 0.25) is 0 Å². The molecule has 6 nitrogen and oxygen atoms in total. The van der Waals surface area contributed by atoms with E-state index >= 15 is 0 Å². The van der Waals surface area contributed by atoms with Crippen LogP contribution in [0.3, 0.4) is 0 Å². The standard InChI is InChI=1S/C25H32N2O4/c1-2-6-26-14-19(15-30-22-5-3-4-21-20(22)10-23(28)27-21)31-24(29)25-11-16-7-17(12-25)9-18(8-16)13-25/h2-5,16-19,26H,1,6-15H2,(H,27,28). The minimum Gasteiger partial charge on any atom is -0.489 e. The van der Waals surface area contributed by atoms with E-state index in [-0.39, 0.29) is 30.0 Å². The summed E-state index contributed by atoms with van der Waals surface area (Å²) >= 11 is 0. The molecule has 0 spiro atoms. The maximum Gasteiger partial charge on any atom is 0.312 e. The highest BCUT2D eigenvalue weighted by Crippen LogP contribution is 2.60. The van der Waals surface area contributed by atoms with E-state index in [9.17, 15) is 9.59 Å². The normalized spacial score (nSPS) is 31.1. The van der Waals surface area contributed by atoms with Crippen LogP contribution >= 0.6 is 0 Å². The number of fused-ring (bicyclic) bond motifs is 1. The monoisotopic (exact) mass is 424 g/mol. The number of amides is 1.